The number of rotatable bonds is 36. The molecule has 48 heavy (non-hydrogen) atoms. The van der Waals surface area contributed by atoms with Gasteiger partial charge < -0.3 is 53.4 Å². The van der Waals surface area contributed by atoms with Gasteiger partial charge in [-0.15, -0.1) is 0 Å². The summed E-state index contributed by atoms with van der Waals surface area (Å²) in [6, 6.07) is 0. The Kier molecular flexibility index (Phi) is 33.5. The third kappa shape index (κ3) is 34.0. The summed E-state index contributed by atoms with van der Waals surface area (Å²) in [4.78, 5) is 37.4. The van der Waals surface area contributed by atoms with Crippen LogP contribution in [0.5, 0.6) is 0 Å². The average molecular weight is 694 g/mol. The first-order valence-electron chi connectivity index (χ1n) is 17.7. The molecule has 0 aromatic rings. The molecule has 0 aliphatic heterocycles. The van der Waals surface area contributed by atoms with Crippen LogP contribution in [0.15, 0.2) is 0 Å². The molecule has 0 saturated carbocycles. The second kappa shape index (κ2) is 34.9. The molecule has 0 aromatic carbocycles. The first-order valence-corrected chi connectivity index (χ1v) is 17.7. The maximum atomic E-state index is 12.9. The van der Waals surface area contributed by atoms with Gasteiger partial charge in [-0.05, 0) is 18.3 Å². The van der Waals surface area contributed by atoms with Crippen molar-refractivity contribution >= 4 is 17.7 Å². The fourth-order valence-corrected chi connectivity index (χ4v) is 3.85. The molecule has 0 saturated heterocycles. The molecule has 0 unspecified atom stereocenters. The van der Waals surface area contributed by atoms with E-state index < -0.39 is 0 Å². The Balaban J connectivity index is 4.11. The van der Waals surface area contributed by atoms with Crippen molar-refractivity contribution in [1.82, 2.24) is 15.5 Å². The smallest absolute Gasteiger partial charge is 0.225 e. The van der Waals surface area contributed by atoms with E-state index in [2.05, 4.69) is 24.5 Å². The predicted molar refractivity (Wildman–Crippen MR) is 183 cm³/mol. The average Bonchev–Trinajstić information content (AvgIpc) is 3.05. The minimum absolute atomic E-state index is 0.00635. The Bertz CT molecular complexity index is 760. The highest BCUT2D eigenvalue weighted by molar-refractivity contribution is 5.76. The van der Waals surface area contributed by atoms with Gasteiger partial charge in [-0.2, -0.15) is 0 Å². The molecule has 14 heteroatoms. The van der Waals surface area contributed by atoms with Crippen LogP contribution in [0.4, 0.5) is 0 Å². The largest absolute Gasteiger partial charge is 0.379 e. The number of amides is 3. The zero-order valence-electron chi connectivity index (χ0n) is 30.6. The molecular weight excluding hydrogens is 626 g/mol. The quantitative estimate of drug-likeness (QED) is 0.0929. The van der Waals surface area contributed by atoms with Crippen molar-refractivity contribution in [2.45, 2.75) is 60.3 Å². The van der Waals surface area contributed by atoms with Gasteiger partial charge in [0.05, 0.1) is 106 Å². The fraction of sp³-hybridized carbons (Fsp3) is 0.912. The Morgan fingerprint density at radius 1 is 0.500 bits per heavy atom. The molecule has 0 heterocycles. The van der Waals surface area contributed by atoms with Gasteiger partial charge in [0.25, 0.3) is 0 Å². The summed E-state index contributed by atoms with van der Waals surface area (Å²) < 4.78 is 44.5. The van der Waals surface area contributed by atoms with Gasteiger partial charge in [-0.25, -0.2) is 0 Å². The summed E-state index contributed by atoms with van der Waals surface area (Å²) in [6.45, 7) is 19.0. The van der Waals surface area contributed by atoms with Crippen molar-refractivity contribution < 1.29 is 52.3 Å². The van der Waals surface area contributed by atoms with Gasteiger partial charge in [0.1, 0.15) is 0 Å². The second-order valence-corrected chi connectivity index (χ2v) is 11.9. The zero-order chi connectivity index (χ0) is 35.5. The van der Waals surface area contributed by atoms with Crippen LogP contribution < -0.4 is 10.6 Å². The first-order chi connectivity index (χ1) is 23.3. The van der Waals surface area contributed by atoms with E-state index in [1.54, 1.807) is 11.8 Å². The van der Waals surface area contributed by atoms with E-state index in [0.717, 1.165) is 6.42 Å². The van der Waals surface area contributed by atoms with Gasteiger partial charge in [-0.3, -0.25) is 14.4 Å². The van der Waals surface area contributed by atoms with Crippen LogP contribution in [-0.2, 0) is 52.3 Å². The van der Waals surface area contributed by atoms with Gasteiger partial charge in [0.15, 0.2) is 0 Å². The van der Waals surface area contributed by atoms with E-state index in [-0.39, 0.29) is 24.1 Å². The zero-order valence-corrected chi connectivity index (χ0v) is 30.6. The summed E-state index contributed by atoms with van der Waals surface area (Å²) in [5.74, 6) is 0.955. The fourth-order valence-electron chi connectivity index (χ4n) is 3.85. The van der Waals surface area contributed by atoms with Gasteiger partial charge in [0, 0.05) is 45.6 Å². The molecule has 14 nitrogen and oxygen atoms in total. The molecule has 0 aliphatic carbocycles. The number of carbonyl (C=O) groups excluding carboxylic acids is 3. The molecule has 0 rings (SSSR count). The Hall–Kier alpha value is -1.91. The van der Waals surface area contributed by atoms with Crippen molar-refractivity contribution in [3.8, 4) is 0 Å². The summed E-state index contributed by atoms with van der Waals surface area (Å²) in [6.07, 6.45) is 2.26. The Labute approximate surface area is 289 Å². The highest BCUT2D eigenvalue weighted by Crippen LogP contribution is 2.00. The first kappa shape index (κ1) is 46.1. The van der Waals surface area contributed by atoms with E-state index in [1.165, 1.54) is 0 Å². The van der Waals surface area contributed by atoms with Crippen LogP contribution in [0.2, 0.25) is 0 Å². The maximum Gasteiger partial charge on any atom is 0.225 e. The third-order valence-electron chi connectivity index (χ3n) is 6.58. The van der Waals surface area contributed by atoms with E-state index >= 15 is 0 Å². The molecule has 0 radical (unpaired) electrons. The van der Waals surface area contributed by atoms with Crippen LogP contribution in [0.3, 0.4) is 0 Å². The lowest BCUT2D eigenvalue weighted by molar-refractivity contribution is -0.134. The maximum absolute atomic E-state index is 12.9. The lowest BCUT2D eigenvalue weighted by atomic mass is 10.1. The molecule has 0 aliphatic rings. The molecule has 0 atom stereocenters. The minimum Gasteiger partial charge on any atom is -0.379 e. The van der Waals surface area contributed by atoms with E-state index in [9.17, 15) is 14.4 Å². The molecule has 3 amide bonds. The molecule has 2 N–H and O–H groups in total. The number of carbonyl (C=O) groups is 3. The van der Waals surface area contributed by atoms with Crippen LogP contribution in [0.1, 0.15) is 60.3 Å². The van der Waals surface area contributed by atoms with E-state index in [1.807, 2.05) is 13.8 Å². The number of nitrogens with zero attached hydrogens (tertiary/aromatic N) is 1. The highest BCUT2D eigenvalue weighted by atomic mass is 16.6. The van der Waals surface area contributed by atoms with Gasteiger partial charge in [-0.1, -0.05) is 34.6 Å². The van der Waals surface area contributed by atoms with Crippen molar-refractivity contribution in [2.75, 3.05) is 132 Å². The molecule has 0 fully saturated rings. The number of nitrogens with one attached hydrogen (secondary N) is 2. The summed E-state index contributed by atoms with van der Waals surface area (Å²) >= 11 is 0. The number of hydrogen-bond acceptors (Lipinski definition) is 11. The number of ether oxygens (including phenoxy) is 8. The lowest BCUT2D eigenvalue weighted by Gasteiger charge is -2.23. The van der Waals surface area contributed by atoms with Crippen molar-refractivity contribution in [2.24, 2.45) is 11.8 Å². The van der Waals surface area contributed by atoms with Crippen LogP contribution in [0.25, 0.3) is 0 Å². The van der Waals surface area contributed by atoms with Gasteiger partial charge >= 0.3 is 0 Å². The third-order valence-corrected chi connectivity index (χ3v) is 6.58. The molecular formula is C34H67N3O11. The Morgan fingerprint density at radius 2 is 0.896 bits per heavy atom. The number of hydrogen-bond donors (Lipinski definition) is 2. The molecule has 284 valence electrons. The summed E-state index contributed by atoms with van der Waals surface area (Å²) in [5, 5.41) is 5.58. The molecule has 0 spiro atoms. The topological polar surface area (TPSA) is 152 Å². The van der Waals surface area contributed by atoms with Crippen LogP contribution in [-0.4, -0.2) is 155 Å². The lowest BCUT2D eigenvalue weighted by Crippen LogP contribution is -2.37. The van der Waals surface area contributed by atoms with Gasteiger partial charge in [0.2, 0.25) is 17.7 Å². The van der Waals surface area contributed by atoms with Crippen LogP contribution in [0, 0.1) is 11.8 Å². The molecule has 0 aromatic heterocycles. The monoisotopic (exact) mass is 693 g/mol. The summed E-state index contributed by atoms with van der Waals surface area (Å²) in [7, 11) is 0. The normalized spacial score (nSPS) is 11.4. The van der Waals surface area contributed by atoms with Crippen molar-refractivity contribution in [1.29, 1.82) is 0 Å². The minimum atomic E-state index is -0.0276. The SMILES string of the molecule is CCC(=O)NCCOCCOCCOCCN(CCOCCOCCOCCNC(=O)CC(C)C)C(=O)CCOCCOCCC(C)C. The highest BCUT2D eigenvalue weighted by Gasteiger charge is 2.13. The van der Waals surface area contributed by atoms with Crippen molar-refractivity contribution in [3.05, 3.63) is 0 Å². The van der Waals surface area contributed by atoms with E-state index in [0.29, 0.717) is 157 Å². The van der Waals surface area contributed by atoms with E-state index in [4.69, 9.17) is 37.9 Å². The summed E-state index contributed by atoms with van der Waals surface area (Å²) in [5.41, 5.74) is 0. The second-order valence-electron chi connectivity index (χ2n) is 11.9. The van der Waals surface area contributed by atoms with Crippen LogP contribution >= 0.6 is 0 Å². The Morgan fingerprint density at radius 3 is 1.33 bits per heavy atom. The molecule has 0 bridgehead atoms. The predicted octanol–water partition coefficient (Wildman–Crippen LogP) is 2.07. The van der Waals surface area contributed by atoms with Crippen molar-refractivity contribution in [3.63, 3.8) is 0 Å². The standard InChI is InChI=1S/C34H67N3O11/c1-6-32(38)35-9-15-43-21-25-47-27-23-45-17-11-37(34(40)8-14-42-20-19-41-13-7-30(2)3)12-18-46-24-28-48-26-22-44-16-10-36-33(39)29-31(4)5/h30-31H,6-29H2,1-5H3,(H,35,38)(H,36,39).